The fraction of sp³-hybridized carbons (Fsp3) is 0.882. The summed E-state index contributed by atoms with van der Waals surface area (Å²) in [6.07, 6.45) is 5.99. The molecular weight excluding hydrogens is 292 g/mol. The molecule has 1 saturated heterocycles. The number of nitrogens with one attached hydrogen (secondary N) is 2. The Morgan fingerprint density at radius 1 is 1.30 bits per heavy atom. The van der Waals surface area contributed by atoms with Gasteiger partial charge in [0.15, 0.2) is 5.96 Å². The van der Waals surface area contributed by atoms with Gasteiger partial charge in [0.1, 0.15) is 6.54 Å². The van der Waals surface area contributed by atoms with Crippen molar-refractivity contribution in [3.05, 3.63) is 0 Å². The van der Waals surface area contributed by atoms with Crippen LogP contribution in [0.15, 0.2) is 4.99 Å². The maximum Gasteiger partial charge on any atom is 0.243 e. The van der Waals surface area contributed by atoms with E-state index in [4.69, 9.17) is 4.74 Å². The average molecular weight is 326 g/mol. The summed E-state index contributed by atoms with van der Waals surface area (Å²) in [6, 6.07) is 0. The van der Waals surface area contributed by atoms with Crippen molar-refractivity contribution in [2.24, 2.45) is 10.9 Å². The minimum Gasteiger partial charge on any atom is -0.376 e. The van der Waals surface area contributed by atoms with Gasteiger partial charge in [0.25, 0.3) is 0 Å². The molecule has 0 saturated carbocycles. The lowest BCUT2D eigenvalue weighted by molar-refractivity contribution is -0.127. The number of hydrogen-bond acceptors (Lipinski definition) is 3. The molecule has 1 atom stereocenters. The number of rotatable bonds is 8. The van der Waals surface area contributed by atoms with Gasteiger partial charge in [-0.25, -0.2) is 4.99 Å². The van der Waals surface area contributed by atoms with E-state index in [1.165, 1.54) is 12.8 Å². The molecule has 1 fully saturated rings. The largest absolute Gasteiger partial charge is 0.376 e. The van der Waals surface area contributed by atoms with Crippen LogP contribution >= 0.6 is 0 Å². The molecular formula is C17H34N4O2. The Balaban J connectivity index is 2.42. The molecule has 0 aromatic heterocycles. The van der Waals surface area contributed by atoms with E-state index < -0.39 is 0 Å². The van der Waals surface area contributed by atoms with Crippen molar-refractivity contribution in [1.29, 1.82) is 0 Å². The highest BCUT2D eigenvalue weighted by Crippen LogP contribution is 2.11. The third-order valence-corrected chi connectivity index (χ3v) is 3.89. The summed E-state index contributed by atoms with van der Waals surface area (Å²) in [6.45, 7) is 7.07. The predicted molar refractivity (Wildman–Crippen MR) is 94.7 cm³/mol. The van der Waals surface area contributed by atoms with Gasteiger partial charge in [0, 0.05) is 33.8 Å². The first-order valence-corrected chi connectivity index (χ1v) is 8.83. The zero-order chi connectivity index (χ0) is 17.1. The van der Waals surface area contributed by atoms with Crippen molar-refractivity contribution < 1.29 is 9.53 Å². The third kappa shape index (κ3) is 9.43. The molecule has 134 valence electrons. The molecule has 0 aliphatic carbocycles. The number of amides is 1. The number of carbonyl (C=O) groups excluding carboxylic acids is 1. The maximum atomic E-state index is 11.7. The van der Waals surface area contributed by atoms with Crippen LogP contribution in [-0.4, -0.2) is 63.2 Å². The second-order valence-corrected chi connectivity index (χ2v) is 6.79. The SMILES string of the molecule is CC(C)CCCNC(=NCC(=O)N(C)C)NCC1CCCCO1. The van der Waals surface area contributed by atoms with Crippen LogP contribution in [0.1, 0.15) is 46.0 Å². The first kappa shape index (κ1) is 19.7. The smallest absolute Gasteiger partial charge is 0.243 e. The lowest BCUT2D eigenvalue weighted by Crippen LogP contribution is -2.43. The first-order chi connectivity index (χ1) is 11.0. The summed E-state index contributed by atoms with van der Waals surface area (Å²) in [5.41, 5.74) is 0. The van der Waals surface area contributed by atoms with E-state index in [1.807, 2.05) is 0 Å². The normalized spacial score (nSPS) is 18.8. The van der Waals surface area contributed by atoms with Crippen LogP contribution in [0.5, 0.6) is 0 Å². The Morgan fingerprint density at radius 2 is 2.09 bits per heavy atom. The highest BCUT2D eigenvalue weighted by atomic mass is 16.5. The maximum absolute atomic E-state index is 11.7. The summed E-state index contributed by atoms with van der Waals surface area (Å²) < 4.78 is 5.73. The number of hydrogen-bond donors (Lipinski definition) is 2. The molecule has 0 radical (unpaired) electrons. The summed E-state index contributed by atoms with van der Waals surface area (Å²) in [5.74, 6) is 1.41. The van der Waals surface area contributed by atoms with Gasteiger partial charge in [0.2, 0.25) is 5.91 Å². The van der Waals surface area contributed by atoms with Gasteiger partial charge >= 0.3 is 0 Å². The fourth-order valence-corrected chi connectivity index (χ4v) is 2.36. The minimum absolute atomic E-state index is 0.00203. The molecule has 1 aliphatic heterocycles. The standard InChI is InChI=1S/C17H34N4O2/c1-14(2)8-7-10-18-17(20-13-16(22)21(3)4)19-12-15-9-5-6-11-23-15/h14-15H,5-13H2,1-4H3,(H2,18,19,20). The molecule has 23 heavy (non-hydrogen) atoms. The van der Waals surface area contributed by atoms with Gasteiger partial charge in [0.05, 0.1) is 6.10 Å². The van der Waals surface area contributed by atoms with Crippen molar-refractivity contribution in [3.8, 4) is 0 Å². The summed E-state index contributed by atoms with van der Waals surface area (Å²) in [5, 5.41) is 6.64. The van der Waals surface area contributed by atoms with Gasteiger partial charge in [-0.05, 0) is 38.0 Å². The van der Waals surface area contributed by atoms with Crippen molar-refractivity contribution in [1.82, 2.24) is 15.5 Å². The van der Waals surface area contributed by atoms with E-state index in [2.05, 4.69) is 29.5 Å². The van der Waals surface area contributed by atoms with Crippen molar-refractivity contribution >= 4 is 11.9 Å². The molecule has 1 rings (SSSR count). The number of guanidine groups is 1. The molecule has 0 aromatic rings. The molecule has 6 nitrogen and oxygen atoms in total. The fourth-order valence-electron chi connectivity index (χ4n) is 2.36. The van der Waals surface area contributed by atoms with Gasteiger partial charge in [-0.1, -0.05) is 13.8 Å². The molecule has 0 bridgehead atoms. The topological polar surface area (TPSA) is 66.0 Å². The summed E-state index contributed by atoms with van der Waals surface area (Å²) in [7, 11) is 3.49. The Labute approximate surface area is 141 Å². The molecule has 1 unspecified atom stereocenters. The second kappa shape index (κ2) is 11.3. The van der Waals surface area contributed by atoms with Crippen molar-refractivity contribution in [3.63, 3.8) is 0 Å². The molecule has 6 heteroatoms. The van der Waals surface area contributed by atoms with Crippen LogP contribution in [0.2, 0.25) is 0 Å². The molecule has 1 heterocycles. The van der Waals surface area contributed by atoms with Gasteiger partial charge in [-0.3, -0.25) is 4.79 Å². The quantitative estimate of drug-likeness (QED) is 0.404. The lowest BCUT2D eigenvalue weighted by atomic mass is 10.1. The van der Waals surface area contributed by atoms with Gasteiger partial charge < -0.3 is 20.3 Å². The number of carbonyl (C=O) groups is 1. The minimum atomic E-state index is 0.00203. The van der Waals surface area contributed by atoms with Crippen LogP contribution in [0.3, 0.4) is 0 Å². The Morgan fingerprint density at radius 3 is 2.70 bits per heavy atom. The van der Waals surface area contributed by atoms with Crippen molar-refractivity contribution in [2.75, 3.05) is 40.3 Å². The summed E-state index contributed by atoms with van der Waals surface area (Å²) >= 11 is 0. The average Bonchev–Trinajstić information content (AvgIpc) is 2.53. The predicted octanol–water partition coefficient (Wildman–Crippen LogP) is 1.62. The molecule has 2 N–H and O–H groups in total. The van der Waals surface area contributed by atoms with Gasteiger partial charge in [-0.15, -0.1) is 0 Å². The second-order valence-electron chi connectivity index (χ2n) is 6.79. The highest BCUT2D eigenvalue weighted by molar-refractivity contribution is 5.84. The Bertz CT molecular complexity index is 364. The molecule has 0 aromatic carbocycles. The summed E-state index contributed by atoms with van der Waals surface area (Å²) in [4.78, 5) is 17.7. The number of nitrogens with zero attached hydrogens (tertiary/aromatic N) is 2. The first-order valence-electron chi connectivity index (χ1n) is 8.83. The van der Waals surface area contributed by atoms with E-state index in [0.29, 0.717) is 11.9 Å². The monoisotopic (exact) mass is 326 g/mol. The van der Waals surface area contributed by atoms with Crippen molar-refractivity contribution in [2.45, 2.75) is 52.1 Å². The van der Waals surface area contributed by atoms with Crippen LogP contribution in [0.4, 0.5) is 0 Å². The lowest BCUT2D eigenvalue weighted by Gasteiger charge is -2.24. The zero-order valence-corrected chi connectivity index (χ0v) is 15.2. The Kier molecular flexibility index (Phi) is 9.67. The number of likely N-dealkylation sites (N-methyl/N-ethyl adjacent to an activating group) is 1. The van der Waals surface area contributed by atoms with Crippen LogP contribution in [0.25, 0.3) is 0 Å². The van der Waals surface area contributed by atoms with E-state index >= 15 is 0 Å². The van der Waals surface area contributed by atoms with E-state index in [1.54, 1.807) is 19.0 Å². The Hall–Kier alpha value is -1.30. The molecule has 1 aliphatic rings. The van der Waals surface area contributed by atoms with E-state index in [0.717, 1.165) is 39.0 Å². The van der Waals surface area contributed by atoms with Crippen LogP contribution in [-0.2, 0) is 9.53 Å². The van der Waals surface area contributed by atoms with E-state index in [-0.39, 0.29) is 18.6 Å². The number of aliphatic imine (C=N–C) groups is 1. The van der Waals surface area contributed by atoms with Crippen LogP contribution < -0.4 is 10.6 Å². The highest BCUT2D eigenvalue weighted by Gasteiger charge is 2.14. The zero-order valence-electron chi connectivity index (χ0n) is 15.2. The third-order valence-electron chi connectivity index (χ3n) is 3.89. The number of ether oxygens (including phenoxy) is 1. The molecule has 1 amide bonds. The van der Waals surface area contributed by atoms with Gasteiger partial charge in [-0.2, -0.15) is 0 Å². The van der Waals surface area contributed by atoms with Crippen LogP contribution in [0, 0.1) is 5.92 Å². The molecule has 0 spiro atoms. The van der Waals surface area contributed by atoms with E-state index in [9.17, 15) is 4.79 Å².